The van der Waals surface area contributed by atoms with Gasteiger partial charge in [0.25, 0.3) is 0 Å². The molecule has 0 aromatic rings. The summed E-state index contributed by atoms with van der Waals surface area (Å²) in [5.41, 5.74) is 0. The molecule has 0 aliphatic carbocycles. The lowest BCUT2D eigenvalue weighted by Crippen LogP contribution is -2.55. The van der Waals surface area contributed by atoms with Gasteiger partial charge in [-0.2, -0.15) is 0 Å². The second-order valence-corrected chi connectivity index (χ2v) is 8.73. The van der Waals surface area contributed by atoms with E-state index in [9.17, 15) is 4.79 Å². The van der Waals surface area contributed by atoms with Gasteiger partial charge in [0.1, 0.15) is 5.78 Å². The fourth-order valence-corrected chi connectivity index (χ4v) is 4.62. The lowest BCUT2D eigenvalue weighted by molar-refractivity contribution is -0.126. The van der Waals surface area contributed by atoms with E-state index in [4.69, 9.17) is 4.74 Å². The number of piperidine rings is 1. The summed E-state index contributed by atoms with van der Waals surface area (Å²) < 4.78 is 5.57. The lowest BCUT2D eigenvalue weighted by atomic mass is 9.83. The fourth-order valence-electron chi connectivity index (χ4n) is 4.62. The summed E-state index contributed by atoms with van der Waals surface area (Å²) in [4.78, 5) is 12.5. The van der Waals surface area contributed by atoms with Gasteiger partial charge in [0.15, 0.2) is 0 Å². The molecule has 2 rings (SSSR count). The molecule has 3 heteroatoms. The Labute approximate surface area is 162 Å². The van der Waals surface area contributed by atoms with Crippen molar-refractivity contribution in [1.82, 2.24) is 5.32 Å². The number of rotatable bonds is 15. The van der Waals surface area contributed by atoms with E-state index in [1.165, 1.54) is 77.0 Å². The molecule has 3 nitrogen and oxygen atoms in total. The van der Waals surface area contributed by atoms with Gasteiger partial charge in [-0.15, -0.1) is 0 Å². The normalized spacial score (nSPS) is 25.3. The first-order valence-electron chi connectivity index (χ1n) is 11.7. The number of carbonyl (C=O) groups excluding carboxylic acids is 1. The van der Waals surface area contributed by atoms with Crippen LogP contribution in [0.4, 0.5) is 0 Å². The van der Waals surface area contributed by atoms with Crippen molar-refractivity contribution in [2.75, 3.05) is 13.2 Å². The van der Waals surface area contributed by atoms with Crippen LogP contribution in [-0.2, 0) is 9.53 Å². The predicted octanol–water partition coefficient (Wildman–Crippen LogP) is 5.80. The van der Waals surface area contributed by atoms with E-state index in [1.807, 2.05) is 0 Å². The lowest BCUT2D eigenvalue weighted by Gasteiger charge is -2.39. The number of Topliss-reactive ketones (excluding diaryl/α,β-unsaturated/α-hetero) is 1. The number of unbranched alkanes of at least 4 members (excludes halogenated alkanes) is 12. The quantitative estimate of drug-likeness (QED) is 0.372. The summed E-state index contributed by atoms with van der Waals surface area (Å²) in [5.74, 6) is 0.818. The van der Waals surface area contributed by atoms with Crippen LogP contribution in [0.25, 0.3) is 0 Å². The molecule has 0 spiro atoms. The minimum Gasteiger partial charge on any atom is -0.378 e. The monoisotopic (exact) mass is 365 g/mol. The highest BCUT2D eigenvalue weighted by molar-refractivity contribution is 5.81. The van der Waals surface area contributed by atoms with Crippen molar-refractivity contribution in [3.63, 3.8) is 0 Å². The summed E-state index contributed by atoms with van der Waals surface area (Å²) >= 11 is 0. The maximum Gasteiger partial charge on any atom is 0.136 e. The molecule has 2 bridgehead atoms. The Balaban J connectivity index is 1.36. The first-order chi connectivity index (χ1) is 12.8. The van der Waals surface area contributed by atoms with Crippen molar-refractivity contribution in [2.24, 2.45) is 5.92 Å². The Morgan fingerprint density at radius 1 is 0.769 bits per heavy atom. The van der Waals surface area contributed by atoms with Crippen molar-refractivity contribution in [3.05, 3.63) is 0 Å². The van der Waals surface area contributed by atoms with Crippen LogP contribution >= 0.6 is 0 Å². The van der Waals surface area contributed by atoms with Crippen LogP contribution in [0.15, 0.2) is 0 Å². The van der Waals surface area contributed by atoms with Gasteiger partial charge in [-0.25, -0.2) is 0 Å². The Morgan fingerprint density at radius 3 is 1.73 bits per heavy atom. The second-order valence-electron chi connectivity index (χ2n) is 8.73. The maximum absolute atomic E-state index is 12.5. The number of nitrogens with one attached hydrogen (secondary N) is 1. The molecule has 0 saturated carbocycles. The average molecular weight is 366 g/mol. The van der Waals surface area contributed by atoms with E-state index in [0.717, 1.165) is 38.9 Å². The third-order valence-electron chi connectivity index (χ3n) is 6.23. The topological polar surface area (TPSA) is 38.3 Å². The standard InChI is InChI=1S/C23H43NO2/c1-2-3-4-5-6-7-8-9-10-11-12-13-14-15-23(25)20-16-21-18-26-19-22(17-20)24-21/h20-22,24H,2-19H2,1H3. The summed E-state index contributed by atoms with van der Waals surface area (Å²) in [6, 6.07) is 0.839. The van der Waals surface area contributed by atoms with Gasteiger partial charge in [-0.1, -0.05) is 84.0 Å². The molecule has 152 valence electrons. The number of ketones is 1. The molecule has 2 unspecified atom stereocenters. The number of hydrogen-bond donors (Lipinski definition) is 1. The van der Waals surface area contributed by atoms with Gasteiger partial charge in [0.05, 0.1) is 13.2 Å². The van der Waals surface area contributed by atoms with Gasteiger partial charge in [0.2, 0.25) is 0 Å². The van der Waals surface area contributed by atoms with E-state index in [0.29, 0.717) is 23.8 Å². The molecule has 2 aliphatic rings. The van der Waals surface area contributed by atoms with E-state index in [-0.39, 0.29) is 0 Å². The number of ether oxygens (including phenoxy) is 1. The molecule has 2 atom stereocenters. The molecule has 2 fully saturated rings. The van der Waals surface area contributed by atoms with Crippen molar-refractivity contribution in [1.29, 1.82) is 0 Å². The molecule has 2 aliphatic heterocycles. The zero-order chi connectivity index (χ0) is 18.5. The molecule has 1 N–H and O–H groups in total. The first-order valence-corrected chi connectivity index (χ1v) is 11.7. The predicted molar refractivity (Wildman–Crippen MR) is 110 cm³/mol. The summed E-state index contributed by atoms with van der Waals surface area (Å²) in [7, 11) is 0. The molecule has 0 amide bonds. The third-order valence-corrected chi connectivity index (χ3v) is 6.23. The van der Waals surface area contributed by atoms with Crippen molar-refractivity contribution in [2.45, 2.75) is 122 Å². The zero-order valence-corrected chi connectivity index (χ0v) is 17.3. The highest BCUT2D eigenvalue weighted by Crippen LogP contribution is 2.26. The molecular formula is C23H43NO2. The average Bonchev–Trinajstić information content (AvgIpc) is 2.65. The largest absolute Gasteiger partial charge is 0.378 e. The van der Waals surface area contributed by atoms with E-state index >= 15 is 0 Å². The number of fused-ring (bicyclic) bond motifs is 2. The van der Waals surface area contributed by atoms with E-state index in [1.54, 1.807) is 0 Å². The SMILES string of the molecule is CCCCCCCCCCCCCCCC(=O)C1CC2COCC(C1)N2. The van der Waals surface area contributed by atoms with Gasteiger partial charge in [-0.3, -0.25) is 4.79 Å². The van der Waals surface area contributed by atoms with Crippen LogP contribution in [-0.4, -0.2) is 31.1 Å². The fraction of sp³-hybridized carbons (Fsp3) is 0.957. The van der Waals surface area contributed by atoms with Gasteiger partial charge >= 0.3 is 0 Å². The molecule has 2 saturated heterocycles. The Morgan fingerprint density at radius 2 is 1.23 bits per heavy atom. The summed E-state index contributed by atoms with van der Waals surface area (Å²) in [6.07, 6.45) is 20.5. The maximum atomic E-state index is 12.5. The Kier molecular flexibility index (Phi) is 11.5. The first kappa shape index (κ1) is 21.9. The minimum atomic E-state index is 0.299. The van der Waals surface area contributed by atoms with Crippen molar-refractivity contribution < 1.29 is 9.53 Å². The number of morpholine rings is 1. The molecule has 2 heterocycles. The molecular weight excluding hydrogens is 322 g/mol. The molecule has 0 aromatic heterocycles. The minimum absolute atomic E-state index is 0.299. The summed E-state index contributed by atoms with van der Waals surface area (Å²) in [5, 5.41) is 3.58. The highest BCUT2D eigenvalue weighted by atomic mass is 16.5. The van der Waals surface area contributed by atoms with E-state index < -0.39 is 0 Å². The van der Waals surface area contributed by atoms with Crippen LogP contribution in [0.5, 0.6) is 0 Å². The van der Waals surface area contributed by atoms with Crippen LogP contribution in [0.3, 0.4) is 0 Å². The molecule has 26 heavy (non-hydrogen) atoms. The van der Waals surface area contributed by atoms with Crippen LogP contribution in [0.2, 0.25) is 0 Å². The molecule has 0 radical (unpaired) electrons. The second kappa shape index (κ2) is 13.7. The molecule has 0 aromatic carbocycles. The van der Waals surface area contributed by atoms with Gasteiger partial charge in [0, 0.05) is 24.4 Å². The van der Waals surface area contributed by atoms with Gasteiger partial charge in [-0.05, 0) is 19.3 Å². The van der Waals surface area contributed by atoms with Gasteiger partial charge < -0.3 is 10.1 Å². The van der Waals surface area contributed by atoms with Crippen LogP contribution in [0, 0.1) is 5.92 Å². The van der Waals surface area contributed by atoms with Crippen LogP contribution < -0.4 is 5.32 Å². The highest BCUT2D eigenvalue weighted by Gasteiger charge is 2.34. The Hall–Kier alpha value is -0.410. The van der Waals surface area contributed by atoms with Crippen molar-refractivity contribution in [3.8, 4) is 0 Å². The Bertz CT molecular complexity index is 359. The third kappa shape index (κ3) is 8.99. The number of carbonyl (C=O) groups is 1. The zero-order valence-electron chi connectivity index (χ0n) is 17.3. The summed E-state index contributed by atoms with van der Waals surface area (Å²) in [6.45, 7) is 3.86. The van der Waals surface area contributed by atoms with Crippen molar-refractivity contribution >= 4 is 5.78 Å². The number of hydrogen-bond acceptors (Lipinski definition) is 3. The smallest absolute Gasteiger partial charge is 0.136 e. The van der Waals surface area contributed by atoms with E-state index in [2.05, 4.69) is 12.2 Å². The van der Waals surface area contributed by atoms with Crippen LogP contribution in [0.1, 0.15) is 110 Å².